The summed E-state index contributed by atoms with van der Waals surface area (Å²) in [5, 5.41) is 3.94. The van der Waals surface area contributed by atoms with E-state index >= 15 is 0 Å². The Labute approximate surface area is 171 Å². The number of hydrogen-bond donors (Lipinski definition) is 1. The van der Waals surface area contributed by atoms with Crippen LogP contribution in [0.1, 0.15) is 40.0 Å². The Kier molecular flexibility index (Phi) is 6.56. The molecule has 1 saturated heterocycles. The van der Waals surface area contributed by atoms with Gasteiger partial charge in [-0.25, -0.2) is 4.79 Å². The lowest BCUT2D eigenvalue weighted by Gasteiger charge is -2.28. The number of likely N-dealkylation sites (tertiary alicyclic amines) is 1. The number of carbonyl (C=O) groups is 2. The summed E-state index contributed by atoms with van der Waals surface area (Å²) in [6, 6.07) is 9.25. The molecule has 1 aromatic carbocycles. The summed E-state index contributed by atoms with van der Waals surface area (Å²) >= 11 is 0. The summed E-state index contributed by atoms with van der Waals surface area (Å²) in [4.78, 5) is 30.7. The maximum atomic E-state index is 12.5. The standard InChI is InChI=1S/C22H29N3O4/c1-22(2,3)29-21(27)25-14-6-10-17(25)20(26)24-13-7-15-28-18-11-4-8-16-9-5-12-23-19(16)18/h4-5,8-9,11-12,17H,6-7,10,13-15H2,1-3H3,(H,24,26)/t17-/m0/s1. The third-order valence-electron chi connectivity index (χ3n) is 4.66. The molecule has 0 saturated carbocycles. The summed E-state index contributed by atoms with van der Waals surface area (Å²) in [5.41, 5.74) is 0.257. The predicted octanol–water partition coefficient (Wildman–Crippen LogP) is 3.52. The molecule has 2 heterocycles. The van der Waals surface area contributed by atoms with E-state index in [-0.39, 0.29) is 5.91 Å². The van der Waals surface area contributed by atoms with Crippen molar-refractivity contribution in [3.63, 3.8) is 0 Å². The highest BCUT2D eigenvalue weighted by molar-refractivity contribution is 5.86. The van der Waals surface area contributed by atoms with Crippen molar-refractivity contribution in [3.8, 4) is 5.75 Å². The van der Waals surface area contributed by atoms with Crippen LogP contribution in [0.15, 0.2) is 36.5 Å². The van der Waals surface area contributed by atoms with Crippen molar-refractivity contribution in [3.05, 3.63) is 36.5 Å². The fraction of sp³-hybridized carbons (Fsp3) is 0.500. The zero-order valence-corrected chi connectivity index (χ0v) is 17.3. The number of rotatable bonds is 6. The Bertz CT molecular complexity index is 857. The quantitative estimate of drug-likeness (QED) is 0.752. The first-order valence-corrected chi connectivity index (χ1v) is 10.1. The zero-order valence-electron chi connectivity index (χ0n) is 17.3. The summed E-state index contributed by atoms with van der Waals surface area (Å²) < 4.78 is 11.3. The van der Waals surface area contributed by atoms with Gasteiger partial charge in [-0.3, -0.25) is 14.7 Å². The van der Waals surface area contributed by atoms with Crippen molar-refractivity contribution in [2.75, 3.05) is 19.7 Å². The van der Waals surface area contributed by atoms with Gasteiger partial charge in [-0.2, -0.15) is 0 Å². The van der Waals surface area contributed by atoms with Crippen LogP contribution >= 0.6 is 0 Å². The topological polar surface area (TPSA) is 80.8 Å². The molecule has 7 nitrogen and oxygen atoms in total. The molecule has 0 spiro atoms. The second-order valence-corrected chi connectivity index (χ2v) is 8.16. The van der Waals surface area contributed by atoms with Crippen LogP contribution in [0, 0.1) is 0 Å². The third-order valence-corrected chi connectivity index (χ3v) is 4.66. The van der Waals surface area contributed by atoms with E-state index in [1.807, 2.05) is 51.1 Å². The first-order valence-electron chi connectivity index (χ1n) is 10.1. The molecule has 156 valence electrons. The first kappa shape index (κ1) is 20.9. The van der Waals surface area contributed by atoms with Crippen LogP contribution in [-0.4, -0.2) is 53.2 Å². The highest BCUT2D eigenvalue weighted by atomic mass is 16.6. The van der Waals surface area contributed by atoms with Crippen LogP contribution < -0.4 is 10.1 Å². The number of aromatic nitrogens is 1. The van der Waals surface area contributed by atoms with Crippen molar-refractivity contribution in [1.29, 1.82) is 0 Å². The normalized spacial score (nSPS) is 16.7. The molecule has 1 atom stereocenters. The van der Waals surface area contributed by atoms with E-state index < -0.39 is 17.7 Å². The molecular formula is C22H29N3O4. The van der Waals surface area contributed by atoms with E-state index in [9.17, 15) is 9.59 Å². The Hall–Kier alpha value is -2.83. The Morgan fingerprint density at radius 1 is 1.24 bits per heavy atom. The molecule has 29 heavy (non-hydrogen) atoms. The molecular weight excluding hydrogens is 370 g/mol. The number of nitrogens with one attached hydrogen (secondary N) is 1. The van der Waals surface area contributed by atoms with Gasteiger partial charge in [-0.15, -0.1) is 0 Å². The van der Waals surface area contributed by atoms with Crippen LogP contribution in [0.2, 0.25) is 0 Å². The molecule has 0 unspecified atom stereocenters. The number of hydrogen-bond acceptors (Lipinski definition) is 5. The van der Waals surface area contributed by atoms with Crippen LogP contribution in [-0.2, 0) is 9.53 Å². The van der Waals surface area contributed by atoms with Gasteiger partial charge in [0.1, 0.15) is 22.9 Å². The Morgan fingerprint density at radius 3 is 2.83 bits per heavy atom. The number of benzene rings is 1. The summed E-state index contributed by atoms with van der Waals surface area (Å²) in [5.74, 6) is 0.599. The van der Waals surface area contributed by atoms with Gasteiger partial charge in [0.2, 0.25) is 5.91 Å². The molecule has 1 fully saturated rings. The Balaban J connectivity index is 1.44. The minimum Gasteiger partial charge on any atom is -0.491 e. The number of fused-ring (bicyclic) bond motifs is 1. The van der Waals surface area contributed by atoms with E-state index in [0.717, 1.165) is 23.1 Å². The van der Waals surface area contributed by atoms with Gasteiger partial charge in [0.05, 0.1) is 6.61 Å². The lowest BCUT2D eigenvalue weighted by Crippen LogP contribution is -2.47. The van der Waals surface area contributed by atoms with E-state index in [2.05, 4.69) is 10.3 Å². The van der Waals surface area contributed by atoms with E-state index in [1.54, 1.807) is 6.20 Å². The third kappa shape index (κ3) is 5.59. The highest BCUT2D eigenvalue weighted by Gasteiger charge is 2.36. The molecule has 1 aromatic heterocycles. The van der Waals surface area contributed by atoms with Gasteiger partial charge in [0, 0.05) is 24.7 Å². The Morgan fingerprint density at radius 2 is 2.03 bits per heavy atom. The molecule has 1 N–H and O–H groups in total. The van der Waals surface area contributed by atoms with Crippen LogP contribution in [0.25, 0.3) is 10.9 Å². The fourth-order valence-corrected chi connectivity index (χ4v) is 3.35. The maximum absolute atomic E-state index is 12.5. The summed E-state index contributed by atoms with van der Waals surface area (Å²) in [6.45, 7) is 6.96. The number of amides is 2. The van der Waals surface area contributed by atoms with Gasteiger partial charge < -0.3 is 14.8 Å². The largest absolute Gasteiger partial charge is 0.491 e. The molecule has 0 bridgehead atoms. The van der Waals surface area contributed by atoms with Gasteiger partial charge in [0.15, 0.2) is 0 Å². The molecule has 7 heteroatoms. The number of para-hydroxylation sites is 1. The molecule has 3 rings (SSSR count). The lowest BCUT2D eigenvalue weighted by molar-refractivity contribution is -0.125. The maximum Gasteiger partial charge on any atom is 0.410 e. The van der Waals surface area contributed by atoms with E-state index in [4.69, 9.17) is 9.47 Å². The minimum absolute atomic E-state index is 0.139. The van der Waals surface area contributed by atoms with Gasteiger partial charge in [-0.05, 0) is 52.2 Å². The molecule has 1 aliphatic heterocycles. The molecule has 1 aliphatic rings. The second-order valence-electron chi connectivity index (χ2n) is 8.16. The first-order chi connectivity index (χ1) is 13.8. The average Bonchev–Trinajstić information content (AvgIpc) is 3.16. The van der Waals surface area contributed by atoms with E-state index in [1.165, 1.54) is 4.90 Å². The van der Waals surface area contributed by atoms with Crippen molar-refractivity contribution >= 4 is 22.9 Å². The van der Waals surface area contributed by atoms with Crippen LogP contribution in [0.3, 0.4) is 0 Å². The van der Waals surface area contributed by atoms with Gasteiger partial charge in [-0.1, -0.05) is 18.2 Å². The van der Waals surface area contributed by atoms with Crippen molar-refractivity contribution < 1.29 is 19.1 Å². The average molecular weight is 399 g/mol. The van der Waals surface area contributed by atoms with Gasteiger partial charge in [0.25, 0.3) is 0 Å². The van der Waals surface area contributed by atoms with Crippen LogP contribution in [0.4, 0.5) is 4.79 Å². The van der Waals surface area contributed by atoms with E-state index in [0.29, 0.717) is 32.5 Å². The monoisotopic (exact) mass is 399 g/mol. The van der Waals surface area contributed by atoms with Crippen molar-refractivity contribution in [1.82, 2.24) is 15.2 Å². The number of carbonyl (C=O) groups excluding carboxylic acids is 2. The zero-order chi connectivity index (χ0) is 20.9. The molecule has 2 amide bonds. The molecule has 0 aliphatic carbocycles. The van der Waals surface area contributed by atoms with Gasteiger partial charge >= 0.3 is 6.09 Å². The minimum atomic E-state index is -0.575. The number of ether oxygens (including phenoxy) is 2. The van der Waals surface area contributed by atoms with Crippen molar-refractivity contribution in [2.24, 2.45) is 0 Å². The lowest BCUT2D eigenvalue weighted by atomic mass is 10.2. The molecule has 2 aromatic rings. The highest BCUT2D eigenvalue weighted by Crippen LogP contribution is 2.23. The SMILES string of the molecule is CC(C)(C)OC(=O)N1CCC[C@H]1C(=O)NCCCOc1cccc2cccnc12. The summed E-state index contributed by atoms with van der Waals surface area (Å²) in [7, 11) is 0. The molecule has 0 radical (unpaired) electrons. The number of nitrogens with zero attached hydrogens (tertiary/aromatic N) is 2. The fourth-order valence-electron chi connectivity index (χ4n) is 3.35. The number of pyridine rings is 1. The predicted molar refractivity (Wildman–Crippen MR) is 111 cm³/mol. The smallest absolute Gasteiger partial charge is 0.410 e. The summed E-state index contributed by atoms with van der Waals surface area (Å²) in [6.07, 6.45) is 3.43. The van der Waals surface area contributed by atoms with Crippen molar-refractivity contribution in [2.45, 2.75) is 51.7 Å². The second kappa shape index (κ2) is 9.11. The van der Waals surface area contributed by atoms with Crippen LogP contribution in [0.5, 0.6) is 5.75 Å².